The second-order valence-corrected chi connectivity index (χ2v) is 24.0. The Labute approximate surface area is 145 Å². The van der Waals surface area contributed by atoms with Gasteiger partial charge in [-0.3, -0.25) is 0 Å². The van der Waals surface area contributed by atoms with Crippen LogP contribution >= 0.6 is 0 Å². The highest BCUT2D eigenvalue weighted by Gasteiger charge is 2.76. The van der Waals surface area contributed by atoms with Crippen molar-refractivity contribution in [2.45, 2.75) is 63.7 Å². The fourth-order valence-electron chi connectivity index (χ4n) is 5.12. The van der Waals surface area contributed by atoms with E-state index in [1.54, 1.807) is 0 Å². The van der Waals surface area contributed by atoms with Crippen molar-refractivity contribution in [1.29, 1.82) is 0 Å². The van der Waals surface area contributed by atoms with Crippen LogP contribution in [0.4, 0.5) is 0 Å². The number of ether oxygens (including phenoxy) is 2. The van der Waals surface area contributed by atoms with E-state index in [1.165, 1.54) is 0 Å². The lowest BCUT2D eigenvalue weighted by molar-refractivity contribution is -0.161. The summed E-state index contributed by atoms with van der Waals surface area (Å²) in [5, 5.41) is 8.67. The molecule has 4 heterocycles. The monoisotopic (exact) mass is 368 g/mol. The van der Waals surface area contributed by atoms with Crippen molar-refractivity contribution in [2.75, 3.05) is 13.2 Å². The maximum atomic E-state index is 6.33. The number of nitrogens with zero attached hydrogens (tertiary/aromatic N) is 2. The minimum Gasteiger partial charge on any atom is -0.365 e. The molecule has 0 spiro atoms. The number of hydrogen-bond donors (Lipinski definition) is 0. The van der Waals surface area contributed by atoms with Gasteiger partial charge in [0.2, 0.25) is 10.8 Å². The normalized spacial score (nSPS) is 41.4. The third kappa shape index (κ3) is 1.68. The largest absolute Gasteiger partial charge is 0.365 e. The Morgan fingerprint density at radius 1 is 0.792 bits per heavy atom. The van der Waals surface area contributed by atoms with Gasteiger partial charge in [-0.05, 0) is 26.7 Å². The van der Waals surface area contributed by atoms with Gasteiger partial charge in [0.1, 0.15) is 15.2 Å². The molecule has 0 N–H and O–H groups in total. The Hall–Kier alpha value is -0.706. The van der Waals surface area contributed by atoms with Crippen molar-refractivity contribution >= 4 is 26.6 Å². The van der Waals surface area contributed by atoms with E-state index in [0.29, 0.717) is 0 Å². The summed E-state index contributed by atoms with van der Waals surface area (Å²) in [6.45, 7) is 15.1. The standard InChI is InChI=1S/C16H28N2O4Si2/c1-11-13-7-9-19-15(13,21-17-11)23(3,4)24(5,6)16-14(8-10-20-16)12(2)18-22-16/h13-14H,7-10H2,1-6H3/t13-,14-,15-,16-/m1/s1. The van der Waals surface area contributed by atoms with E-state index in [-0.39, 0.29) is 11.8 Å². The summed E-state index contributed by atoms with van der Waals surface area (Å²) in [4.78, 5) is 12.1. The van der Waals surface area contributed by atoms with Gasteiger partial charge in [0, 0.05) is 0 Å². The van der Waals surface area contributed by atoms with Crippen LogP contribution in [-0.4, -0.2) is 50.6 Å². The van der Waals surface area contributed by atoms with E-state index in [1.807, 2.05) is 0 Å². The second kappa shape index (κ2) is 4.93. The van der Waals surface area contributed by atoms with Gasteiger partial charge in [-0.25, -0.2) is 0 Å². The molecular formula is C16H28N2O4Si2. The summed E-state index contributed by atoms with van der Waals surface area (Å²) in [5.74, 6) is 0.538. The van der Waals surface area contributed by atoms with Crippen LogP contribution in [0.25, 0.3) is 0 Å². The maximum Gasteiger partial charge on any atom is 0.222 e. The van der Waals surface area contributed by atoms with E-state index >= 15 is 0 Å². The minimum absolute atomic E-state index is 0.269. The molecule has 0 saturated carbocycles. The van der Waals surface area contributed by atoms with Gasteiger partial charge in [0.05, 0.1) is 36.5 Å². The third-order valence-corrected chi connectivity index (χ3v) is 26.6. The fraction of sp³-hybridized carbons (Fsp3) is 0.875. The van der Waals surface area contributed by atoms with Crippen LogP contribution in [0.15, 0.2) is 10.3 Å². The van der Waals surface area contributed by atoms with Gasteiger partial charge in [0.15, 0.2) is 0 Å². The molecule has 0 unspecified atom stereocenters. The molecule has 8 heteroatoms. The highest BCUT2D eigenvalue weighted by molar-refractivity contribution is 7.42. The molecule has 134 valence electrons. The van der Waals surface area contributed by atoms with Gasteiger partial charge < -0.3 is 19.1 Å². The highest BCUT2D eigenvalue weighted by Crippen LogP contribution is 2.55. The van der Waals surface area contributed by atoms with Crippen LogP contribution in [-0.2, 0) is 19.1 Å². The van der Waals surface area contributed by atoms with Crippen molar-refractivity contribution in [1.82, 2.24) is 0 Å². The Bertz CT molecular complexity index is 582. The van der Waals surface area contributed by atoms with Crippen molar-refractivity contribution in [3.05, 3.63) is 0 Å². The number of rotatable bonds is 3. The summed E-state index contributed by atoms with van der Waals surface area (Å²) < 4.78 is 12.7. The molecule has 4 atom stereocenters. The summed E-state index contributed by atoms with van der Waals surface area (Å²) in [6, 6.07) is 0. The molecular weight excluding hydrogens is 340 g/mol. The quantitative estimate of drug-likeness (QED) is 0.719. The molecule has 6 nitrogen and oxygen atoms in total. The van der Waals surface area contributed by atoms with Crippen LogP contribution in [0.3, 0.4) is 0 Å². The van der Waals surface area contributed by atoms with E-state index in [2.05, 4.69) is 50.3 Å². The average Bonchev–Trinajstić information content (AvgIpc) is 3.23. The lowest BCUT2D eigenvalue weighted by Crippen LogP contribution is -2.80. The Balaban J connectivity index is 1.77. The van der Waals surface area contributed by atoms with Crippen LogP contribution in [0.5, 0.6) is 0 Å². The summed E-state index contributed by atoms with van der Waals surface area (Å²) in [6.07, 6.45) is 1.98. The molecule has 0 bridgehead atoms. The smallest absolute Gasteiger partial charge is 0.222 e. The Morgan fingerprint density at radius 3 is 1.54 bits per heavy atom. The van der Waals surface area contributed by atoms with E-state index in [9.17, 15) is 0 Å². The highest BCUT2D eigenvalue weighted by atomic mass is 29.3. The first kappa shape index (κ1) is 16.7. The number of hydrogen-bond acceptors (Lipinski definition) is 6. The first-order chi connectivity index (χ1) is 11.2. The van der Waals surface area contributed by atoms with Crippen molar-refractivity contribution in [3.8, 4) is 0 Å². The maximum absolute atomic E-state index is 6.33. The van der Waals surface area contributed by atoms with Crippen LogP contribution in [0.2, 0.25) is 26.2 Å². The SMILES string of the molecule is CC1=NO[C@]2([Si](C)(C)[Si](C)(C)[C@@]34OCC[C@@H]3C(C)=NO4)OCC[C@H]12. The molecule has 0 amide bonds. The molecule has 2 saturated heterocycles. The van der Waals surface area contributed by atoms with E-state index < -0.39 is 26.0 Å². The van der Waals surface area contributed by atoms with Gasteiger partial charge in [-0.15, -0.1) is 0 Å². The number of oxime groups is 2. The average molecular weight is 369 g/mol. The molecule has 0 aromatic carbocycles. The fourth-order valence-corrected chi connectivity index (χ4v) is 17.8. The zero-order valence-electron chi connectivity index (χ0n) is 15.5. The van der Waals surface area contributed by atoms with Crippen molar-refractivity contribution in [2.24, 2.45) is 22.1 Å². The molecule has 0 aromatic heterocycles. The van der Waals surface area contributed by atoms with Crippen molar-refractivity contribution < 1.29 is 19.1 Å². The molecule has 4 aliphatic rings. The lowest BCUT2D eigenvalue weighted by atomic mass is 10.0. The van der Waals surface area contributed by atoms with Crippen LogP contribution in [0.1, 0.15) is 26.7 Å². The molecule has 0 aromatic rings. The number of fused-ring (bicyclic) bond motifs is 2. The van der Waals surface area contributed by atoms with Gasteiger partial charge in [-0.2, -0.15) is 0 Å². The first-order valence-corrected chi connectivity index (χ1v) is 15.9. The zero-order valence-corrected chi connectivity index (χ0v) is 17.5. The topological polar surface area (TPSA) is 61.6 Å². The summed E-state index contributed by atoms with van der Waals surface area (Å²) in [5.41, 5.74) is 0.994. The Morgan fingerprint density at radius 2 is 1.17 bits per heavy atom. The third-order valence-electron chi connectivity index (χ3n) is 7.33. The van der Waals surface area contributed by atoms with Gasteiger partial charge in [-0.1, -0.05) is 36.5 Å². The molecule has 2 fully saturated rings. The Kier molecular flexibility index (Phi) is 3.44. The predicted molar refractivity (Wildman–Crippen MR) is 96.9 cm³/mol. The molecule has 0 aliphatic carbocycles. The molecule has 0 radical (unpaired) electrons. The lowest BCUT2D eigenvalue weighted by Gasteiger charge is -2.52. The van der Waals surface area contributed by atoms with Crippen LogP contribution < -0.4 is 0 Å². The van der Waals surface area contributed by atoms with E-state index in [0.717, 1.165) is 37.5 Å². The first-order valence-electron chi connectivity index (χ1n) is 8.93. The van der Waals surface area contributed by atoms with Gasteiger partial charge in [0.25, 0.3) is 0 Å². The zero-order chi connectivity index (χ0) is 17.4. The second-order valence-electron chi connectivity index (χ2n) is 8.61. The minimum atomic E-state index is -2.12. The summed E-state index contributed by atoms with van der Waals surface area (Å²) >= 11 is 0. The van der Waals surface area contributed by atoms with E-state index in [4.69, 9.17) is 19.1 Å². The molecule has 4 rings (SSSR count). The predicted octanol–water partition coefficient (Wildman–Crippen LogP) is 2.84. The molecule has 4 aliphatic heterocycles. The molecule has 24 heavy (non-hydrogen) atoms. The van der Waals surface area contributed by atoms with Crippen LogP contribution in [0, 0.1) is 11.8 Å². The summed E-state index contributed by atoms with van der Waals surface area (Å²) in [7, 11) is -4.25. The van der Waals surface area contributed by atoms with Gasteiger partial charge >= 0.3 is 0 Å². The van der Waals surface area contributed by atoms with Crippen molar-refractivity contribution in [3.63, 3.8) is 0 Å².